The first-order chi connectivity index (χ1) is 7.36. The molecule has 8 heteroatoms. The van der Waals surface area contributed by atoms with Crippen molar-refractivity contribution in [3.8, 4) is 5.75 Å². The molecule has 1 rings (SSSR count). The van der Waals surface area contributed by atoms with Crippen LogP contribution < -0.4 is 4.74 Å². The lowest BCUT2D eigenvalue weighted by atomic mass is 10.3. The molecule has 0 aromatic heterocycles. The number of carbonyl (C=O) groups is 1. The lowest BCUT2D eigenvalue weighted by Gasteiger charge is -2.08. The number of aliphatic carboxylic acids is 1. The van der Waals surface area contributed by atoms with Crippen LogP contribution in [0.1, 0.15) is 0 Å². The molecule has 0 aliphatic carbocycles. The summed E-state index contributed by atoms with van der Waals surface area (Å²) in [6.07, 6.45) is 0. The highest BCUT2D eigenvalue weighted by Crippen LogP contribution is 2.32. The van der Waals surface area contributed by atoms with Crippen LogP contribution in [0.3, 0.4) is 0 Å². The van der Waals surface area contributed by atoms with Crippen molar-refractivity contribution < 1.29 is 32.2 Å². The fraction of sp³-hybridized carbons (Fsp3) is 0.125. The quantitative estimate of drug-likeness (QED) is 0.514. The molecule has 0 bridgehead atoms. The monoisotopic (exact) mass is 258 g/mol. The van der Waals surface area contributed by atoms with Crippen LogP contribution in [-0.2, 0) is 4.79 Å². The van der Waals surface area contributed by atoms with E-state index in [2.05, 4.69) is 4.74 Å². The summed E-state index contributed by atoms with van der Waals surface area (Å²) in [6, 6.07) is 0. The van der Waals surface area contributed by atoms with Gasteiger partial charge in [-0.05, 0) is 0 Å². The van der Waals surface area contributed by atoms with Crippen LogP contribution in [0.5, 0.6) is 5.75 Å². The van der Waals surface area contributed by atoms with Crippen molar-refractivity contribution in [2.45, 2.75) is 0 Å². The highest BCUT2D eigenvalue weighted by Gasteiger charge is 2.26. The zero-order valence-corrected chi connectivity index (χ0v) is 8.12. The molecular formula is C8H3ClF4O3. The number of ether oxygens (including phenoxy) is 1. The van der Waals surface area contributed by atoms with E-state index in [1.165, 1.54) is 0 Å². The maximum atomic E-state index is 13.0. The SMILES string of the molecule is O=C(O)COc1c(F)c(F)c(Cl)c(F)c1F. The molecule has 0 saturated heterocycles. The molecule has 0 unspecified atom stereocenters. The topological polar surface area (TPSA) is 46.5 Å². The molecule has 3 nitrogen and oxygen atoms in total. The molecule has 0 saturated carbocycles. The van der Waals surface area contributed by atoms with Gasteiger partial charge in [0.25, 0.3) is 0 Å². The zero-order chi connectivity index (χ0) is 12.5. The first-order valence-electron chi connectivity index (χ1n) is 3.72. The third kappa shape index (κ3) is 2.19. The zero-order valence-electron chi connectivity index (χ0n) is 7.36. The second-order valence-corrected chi connectivity index (χ2v) is 2.96. The molecule has 1 aromatic rings. The average molecular weight is 259 g/mol. The second-order valence-electron chi connectivity index (χ2n) is 2.58. The van der Waals surface area contributed by atoms with Crippen LogP contribution in [0.2, 0.25) is 5.02 Å². The Kier molecular flexibility index (Phi) is 3.58. The first-order valence-corrected chi connectivity index (χ1v) is 4.10. The molecule has 1 aromatic carbocycles. The molecule has 0 aliphatic rings. The van der Waals surface area contributed by atoms with E-state index in [0.717, 1.165) is 0 Å². The molecule has 0 heterocycles. The minimum Gasteiger partial charge on any atom is -0.479 e. The third-order valence-corrected chi connectivity index (χ3v) is 1.84. The summed E-state index contributed by atoms with van der Waals surface area (Å²) >= 11 is 4.92. The summed E-state index contributed by atoms with van der Waals surface area (Å²) < 4.78 is 55.6. The van der Waals surface area contributed by atoms with Crippen LogP contribution in [0, 0.1) is 23.3 Å². The van der Waals surface area contributed by atoms with Gasteiger partial charge in [-0.3, -0.25) is 0 Å². The minimum atomic E-state index is -1.88. The van der Waals surface area contributed by atoms with Crippen molar-refractivity contribution in [3.63, 3.8) is 0 Å². The standard InChI is InChI=1S/C8H3ClF4O3/c9-3-4(10)6(12)8(7(13)5(3)11)16-1-2(14)15/h1H2,(H,14,15). The number of rotatable bonds is 3. The summed E-state index contributed by atoms with van der Waals surface area (Å²) in [5, 5.41) is 6.80. The fourth-order valence-corrected chi connectivity index (χ4v) is 1.01. The maximum absolute atomic E-state index is 13.0. The van der Waals surface area contributed by atoms with Gasteiger partial charge in [-0.2, -0.15) is 8.78 Å². The van der Waals surface area contributed by atoms with Crippen LogP contribution in [0.15, 0.2) is 0 Å². The summed E-state index contributed by atoms with van der Waals surface area (Å²) in [5.41, 5.74) is 0. The predicted octanol–water partition coefficient (Wildman–Crippen LogP) is 2.36. The minimum absolute atomic E-state index is 1.14. The Balaban J connectivity index is 3.23. The number of carboxylic acid groups (broad SMARTS) is 1. The number of hydrogen-bond donors (Lipinski definition) is 1. The highest BCUT2D eigenvalue weighted by molar-refractivity contribution is 6.30. The van der Waals surface area contributed by atoms with Gasteiger partial charge in [0, 0.05) is 0 Å². The number of carboxylic acids is 1. The van der Waals surface area contributed by atoms with E-state index < -0.39 is 46.6 Å². The van der Waals surface area contributed by atoms with Crippen molar-refractivity contribution in [2.75, 3.05) is 6.61 Å². The van der Waals surface area contributed by atoms with Crippen molar-refractivity contribution in [1.29, 1.82) is 0 Å². The Labute approximate surface area is 91.2 Å². The number of hydrogen-bond acceptors (Lipinski definition) is 2. The predicted molar refractivity (Wildman–Crippen MR) is 44.4 cm³/mol. The van der Waals surface area contributed by atoms with Gasteiger partial charge >= 0.3 is 5.97 Å². The Hall–Kier alpha value is -1.50. The van der Waals surface area contributed by atoms with Gasteiger partial charge in [-0.25, -0.2) is 13.6 Å². The maximum Gasteiger partial charge on any atom is 0.341 e. The molecule has 1 N–H and O–H groups in total. The highest BCUT2D eigenvalue weighted by atomic mass is 35.5. The van der Waals surface area contributed by atoms with E-state index in [1.807, 2.05) is 0 Å². The van der Waals surface area contributed by atoms with Crippen molar-refractivity contribution in [1.82, 2.24) is 0 Å². The molecular weight excluding hydrogens is 256 g/mol. The second kappa shape index (κ2) is 4.56. The van der Waals surface area contributed by atoms with E-state index in [1.54, 1.807) is 0 Å². The molecule has 88 valence electrons. The third-order valence-electron chi connectivity index (χ3n) is 1.51. The summed E-state index contributed by atoms with van der Waals surface area (Å²) in [4.78, 5) is 10.0. The largest absolute Gasteiger partial charge is 0.479 e. The number of halogens is 5. The molecule has 0 aliphatic heterocycles. The van der Waals surface area contributed by atoms with Gasteiger partial charge in [0.05, 0.1) is 0 Å². The molecule has 0 spiro atoms. The Bertz CT molecular complexity index is 420. The average Bonchev–Trinajstić information content (AvgIpc) is 2.23. The fourth-order valence-electron chi connectivity index (χ4n) is 0.845. The van der Waals surface area contributed by atoms with Crippen molar-refractivity contribution in [3.05, 3.63) is 28.3 Å². The molecule has 0 fully saturated rings. The van der Waals surface area contributed by atoms with E-state index in [-0.39, 0.29) is 0 Å². The van der Waals surface area contributed by atoms with Crippen molar-refractivity contribution >= 4 is 17.6 Å². The number of benzene rings is 1. The smallest absolute Gasteiger partial charge is 0.341 e. The van der Waals surface area contributed by atoms with Gasteiger partial charge in [-0.15, -0.1) is 0 Å². The lowest BCUT2D eigenvalue weighted by Crippen LogP contribution is -2.13. The summed E-state index contributed by atoms with van der Waals surface area (Å²) in [5.74, 6) is -10.5. The van der Waals surface area contributed by atoms with Crippen LogP contribution in [0.4, 0.5) is 17.6 Å². The molecule has 0 atom stereocenters. The van der Waals surface area contributed by atoms with Crippen LogP contribution in [-0.4, -0.2) is 17.7 Å². The van der Waals surface area contributed by atoms with E-state index in [9.17, 15) is 22.4 Å². The molecule has 16 heavy (non-hydrogen) atoms. The van der Waals surface area contributed by atoms with Crippen molar-refractivity contribution in [2.24, 2.45) is 0 Å². The van der Waals surface area contributed by atoms with Gasteiger partial charge in [0.15, 0.2) is 24.0 Å². The molecule has 0 radical (unpaired) electrons. The van der Waals surface area contributed by atoms with E-state index in [4.69, 9.17) is 16.7 Å². The van der Waals surface area contributed by atoms with Gasteiger partial charge in [0.1, 0.15) is 5.02 Å². The normalized spacial score (nSPS) is 10.3. The molecule has 0 amide bonds. The van der Waals surface area contributed by atoms with E-state index in [0.29, 0.717) is 0 Å². The Morgan fingerprint density at radius 1 is 1.12 bits per heavy atom. The van der Waals surface area contributed by atoms with E-state index >= 15 is 0 Å². The van der Waals surface area contributed by atoms with Crippen LogP contribution >= 0.6 is 11.6 Å². The lowest BCUT2D eigenvalue weighted by molar-refractivity contribution is -0.139. The van der Waals surface area contributed by atoms with Gasteiger partial charge in [0.2, 0.25) is 11.6 Å². The van der Waals surface area contributed by atoms with Gasteiger partial charge < -0.3 is 9.84 Å². The summed E-state index contributed by atoms with van der Waals surface area (Å²) in [6.45, 7) is -1.14. The van der Waals surface area contributed by atoms with Gasteiger partial charge in [-0.1, -0.05) is 11.6 Å². The Morgan fingerprint density at radius 2 is 1.56 bits per heavy atom. The first kappa shape index (κ1) is 12.6. The Morgan fingerprint density at radius 3 is 1.94 bits per heavy atom. The van der Waals surface area contributed by atoms with Crippen LogP contribution in [0.25, 0.3) is 0 Å². The summed E-state index contributed by atoms with van der Waals surface area (Å²) in [7, 11) is 0.